The molecule has 21 heavy (non-hydrogen) atoms. The first-order valence-electron chi connectivity index (χ1n) is 7.27. The minimum absolute atomic E-state index is 0.109. The Morgan fingerprint density at radius 2 is 2.14 bits per heavy atom. The summed E-state index contributed by atoms with van der Waals surface area (Å²) in [7, 11) is 0. The number of carboxylic acids is 1. The highest BCUT2D eigenvalue weighted by Gasteiger charge is 2.46. The van der Waals surface area contributed by atoms with Crippen LogP contribution in [0.15, 0.2) is 0 Å². The third kappa shape index (κ3) is 3.43. The van der Waals surface area contributed by atoms with Crippen LogP contribution in [-0.2, 0) is 4.79 Å². The van der Waals surface area contributed by atoms with Gasteiger partial charge < -0.3 is 10.0 Å². The first kappa shape index (κ1) is 16.0. The standard InChI is InChI=1S/C14H21N3O3S/c1-9(2)12-17(11(8-21-12)13(18)19)14(20)16(7-3-6-15)10-4-5-10/h9-12H,3-5,7-8H2,1-2H3,(H,18,19). The summed E-state index contributed by atoms with van der Waals surface area (Å²) in [6, 6.07) is 1.26. The Morgan fingerprint density at radius 3 is 2.62 bits per heavy atom. The zero-order valence-corrected chi connectivity index (χ0v) is 13.2. The maximum absolute atomic E-state index is 12.8. The molecule has 7 heteroatoms. The van der Waals surface area contributed by atoms with E-state index in [2.05, 4.69) is 6.07 Å². The third-order valence-electron chi connectivity index (χ3n) is 3.81. The van der Waals surface area contributed by atoms with Crippen molar-refractivity contribution in [2.24, 2.45) is 5.92 Å². The molecule has 0 bridgehead atoms. The number of carbonyl (C=O) groups excluding carboxylic acids is 1. The number of nitriles is 1. The van der Waals surface area contributed by atoms with Crippen LogP contribution in [0.5, 0.6) is 0 Å². The molecular weight excluding hydrogens is 290 g/mol. The molecule has 1 saturated carbocycles. The zero-order chi connectivity index (χ0) is 15.6. The molecule has 2 amide bonds. The van der Waals surface area contributed by atoms with E-state index >= 15 is 0 Å². The average molecular weight is 311 g/mol. The number of rotatable bonds is 5. The molecule has 1 aliphatic heterocycles. The fraction of sp³-hybridized carbons (Fsp3) is 0.786. The van der Waals surface area contributed by atoms with Crippen LogP contribution in [0.2, 0.25) is 0 Å². The molecule has 0 aromatic rings. The van der Waals surface area contributed by atoms with Crippen LogP contribution in [0.4, 0.5) is 4.79 Å². The Labute approximate surface area is 129 Å². The van der Waals surface area contributed by atoms with Gasteiger partial charge in [0.25, 0.3) is 0 Å². The minimum Gasteiger partial charge on any atom is -0.480 e. The van der Waals surface area contributed by atoms with Crippen molar-refractivity contribution in [3.8, 4) is 6.07 Å². The van der Waals surface area contributed by atoms with Crippen molar-refractivity contribution in [2.75, 3.05) is 12.3 Å². The maximum atomic E-state index is 12.8. The smallest absolute Gasteiger partial charge is 0.327 e. The fourth-order valence-electron chi connectivity index (χ4n) is 2.61. The van der Waals surface area contributed by atoms with Gasteiger partial charge in [-0.1, -0.05) is 13.8 Å². The topological polar surface area (TPSA) is 84.6 Å². The van der Waals surface area contributed by atoms with E-state index in [4.69, 9.17) is 5.26 Å². The summed E-state index contributed by atoms with van der Waals surface area (Å²) in [6.07, 6.45) is 2.18. The second kappa shape index (κ2) is 6.56. The predicted molar refractivity (Wildman–Crippen MR) is 79.7 cm³/mol. The normalized spacial score (nSPS) is 25.0. The van der Waals surface area contributed by atoms with Crippen molar-refractivity contribution in [1.82, 2.24) is 9.80 Å². The minimum atomic E-state index is -0.949. The average Bonchev–Trinajstić information content (AvgIpc) is 3.15. The van der Waals surface area contributed by atoms with Gasteiger partial charge in [0.05, 0.1) is 17.9 Å². The number of hydrogen-bond acceptors (Lipinski definition) is 4. The molecule has 0 radical (unpaired) electrons. The lowest BCUT2D eigenvalue weighted by Crippen LogP contribution is -2.53. The first-order chi connectivity index (χ1) is 9.97. The van der Waals surface area contributed by atoms with Gasteiger partial charge in [0, 0.05) is 18.3 Å². The van der Waals surface area contributed by atoms with Crippen molar-refractivity contribution >= 4 is 23.8 Å². The number of hydrogen-bond donors (Lipinski definition) is 1. The molecule has 1 aliphatic carbocycles. The van der Waals surface area contributed by atoms with Crippen LogP contribution in [0.3, 0.4) is 0 Å². The first-order valence-corrected chi connectivity index (χ1v) is 8.32. The van der Waals surface area contributed by atoms with Crippen molar-refractivity contribution in [2.45, 2.75) is 50.6 Å². The third-order valence-corrected chi connectivity index (χ3v) is 5.43. The van der Waals surface area contributed by atoms with E-state index in [0.717, 1.165) is 12.8 Å². The highest BCUT2D eigenvalue weighted by molar-refractivity contribution is 8.00. The van der Waals surface area contributed by atoms with Crippen LogP contribution in [0.1, 0.15) is 33.1 Å². The summed E-state index contributed by atoms with van der Waals surface area (Å²) in [6.45, 7) is 4.39. The van der Waals surface area contributed by atoms with E-state index in [9.17, 15) is 14.7 Å². The molecule has 1 saturated heterocycles. The summed E-state index contributed by atoms with van der Waals surface area (Å²) in [5.41, 5.74) is 0. The van der Waals surface area contributed by atoms with E-state index < -0.39 is 12.0 Å². The lowest BCUT2D eigenvalue weighted by molar-refractivity contribution is -0.141. The molecule has 116 valence electrons. The summed E-state index contributed by atoms with van der Waals surface area (Å²) in [5.74, 6) is -0.323. The van der Waals surface area contributed by atoms with E-state index in [0.29, 0.717) is 12.3 Å². The van der Waals surface area contributed by atoms with Gasteiger partial charge in [-0.3, -0.25) is 4.90 Å². The van der Waals surface area contributed by atoms with Gasteiger partial charge in [0.2, 0.25) is 0 Å². The Kier molecular flexibility index (Phi) is 4.99. The largest absolute Gasteiger partial charge is 0.480 e. The van der Waals surface area contributed by atoms with Gasteiger partial charge in [0.15, 0.2) is 0 Å². The lowest BCUT2D eigenvalue weighted by atomic mass is 10.1. The van der Waals surface area contributed by atoms with Crippen molar-refractivity contribution in [1.29, 1.82) is 5.26 Å². The number of aliphatic carboxylic acids is 1. The molecule has 0 aromatic heterocycles. The number of nitrogens with zero attached hydrogens (tertiary/aromatic N) is 3. The van der Waals surface area contributed by atoms with Gasteiger partial charge in [-0.05, 0) is 18.8 Å². The molecule has 0 spiro atoms. The number of thioether (sulfide) groups is 1. The Morgan fingerprint density at radius 1 is 1.48 bits per heavy atom. The van der Waals surface area contributed by atoms with Gasteiger partial charge in [0.1, 0.15) is 6.04 Å². The molecule has 2 atom stereocenters. The monoisotopic (exact) mass is 311 g/mol. The summed E-state index contributed by atoms with van der Waals surface area (Å²) < 4.78 is 0. The van der Waals surface area contributed by atoms with E-state index in [1.807, 2.05) is 13.8 Å². The Bertz CT molecular complexity index is 459. The van der Waals surface area contributed by atoms with Gasteiger partial charge >= 0.3 is 12.0 Å². The van der Waals surface area contributed by atoms with Gasteiger partial charge in [-0.15, -0.1) is 11.8 Å². The Hall–Kier alpha value is -1.42. The number of carboxylic acid groups (broad SMARTS) is 1. The van der Waals surface area contributed by atoms with Crippen molar-refractivity contribution in [3.63, 3.8) is 0 Å². The molecule has 2 aliphatic rings. The van der Waals surface area contributed by atoms with Gasteiger partial charge in [-0.25, -0.2) is 9.59 Å². The second-order valence-electron chi connectivity index (χ2n) is 5.84. The highest BCUT2D eigenvalue weighted by Crippen LogP contribution is 2.37. The number of amides is 2. The fourth-order valence-corrected chi connectivity index (χ4v) is 4.08. The quantitative estimate of drug-likeness (QED) is 0.839. The van der Waals surface area contributed by atoms with Crippen molar-refractivity contribution < 1.29 is 14.7 Å². The number of carbonyl (C=O) groups is 2. The lowest BCUT2D eigenvalue weighted by Gasteiger charge is -2.34. The van der Waals surface area contributed by atoms with Crippen LogP contribution in [0.25, 0.3) is 0 Å². The van der Waals surface area contributed by atoms with E-state index in [1.54, 1.807) is 4.90 Å². The molecular formula is C14H21N3O3S. The van der Waals surface area contributed by atoms with Gasteiger partial charge in [-0.2, -0.15) is 5.26 Å². The molecule has 2 fully saturated rings. The summed E-state index contributed by atoms with van der Waals surface area (Å²) in [5, 5.41) is 18.0. The van der Waals surface area contributed by atoms with Crippen LogP contribution >= 0.6 is 11.8 Å². The van der Waals surface area contributed by atoms with E-state index in [1.165, 1.54) is 16.7 Å². The molecule has 1 heterocycles. The predicted octanol–water partition coefficient (Wildman–Crippen LogP) is 1.97. The molecule has 1 N–H and O–H groups in total. The summed E-state index contributed by atoms with van der Waals surface area (Å²) >= 11 is 1.53. The Balaban J connectivity index is 2.18. The molecule has 6 nitrogen and oxygen atoms in total. The molecule has 2 rings (SSSR count). The number of urea groups is 1. The van der Waals surface area contributed by atoms with Crippen LogP contribution in [-0.4, -0.2) is 56.7 Å². The maximum Gasteiger partial charge on any atom is 0.327 e. The second-order valence-corrected chi connectivity index (χ2v) is 6.99. The zero-order valence-electron chi connectivity index (χ0n) is 12.4. The van der Waals surface area contributed by atoms with Crippen LogP contribution < -0.4 is 0 Å². The summed E-state index contributed by atoms with van der Waals surface area (Å²) in [4.78, 5) is 27.5. The van der Waals surface area contributed by atoms with Crippen LogP contribution in [0, 0.1) is 17.2 Å². The molecule has 0 aromatic carbocycles. The van der Waals surface area contributed by atoms with E-state index in [-0.39, 0.29) is 29.8 Å². The highest BCUT2D eigenvalue weighted by atomic mass is 32.2. The van der Waals surface area contributed by atoms with Crippen molar-refractivity contribution in [3.05, 3.63) is 0 Å². The molecule has 2 unspecified atom stereocenters. The SMILES string of the molecule is CC(C)C1SCC(C(=O)O)N1C(=O)N(CCC#N)C1CC1.